The third-order valence-electron chi connectivity index (χ3n) is 2.15. The Kier molecular flexibility index (Phi) is 2.18. The molecule has 0 N–H and O–H groups in total. The van der Waals surface area contributed by atoms with Crippen LogP contribution in [0.5, 0.6) is 0 Å². The van der Waals surface area contributed by atoms with Crippen LogP contribution in [0.4, 0.5) is 0 Å². The van der Waals surface area contributed by atoms with Gasteiger partial charge in [-0.2, -0.15) is 0 Å². The zero-order chi connectivity index (χ0) is 9.26. The number of fused-ring (bicyclic) bond motifs is 1. The summed E-state index contributed by atoms with van der Waals surface area (Å²) in [5.41, 5.74) is 1.76. The van der Waals surface area contributed by atoms with E-state index in [0.29, 0.717) is 0 Å². The Morgan fingerprint density at radius 1 is 1.00 bits per heavy atom. The van der Waals surface area contributed by atoms with Crippen molar-refractivity contribution in [1.82, 2.24) is 0 Å². The summed E-state index contributed by atoms with van der Waals surface area (Å²) in [5, 5.41) is 2.16. The number of benzene rings is 2. The van der Waals surface area contributed by atoms with E-state index in [0.717, 1.165) is 21.7 Å². The second-order valence-electron chi connectivity index (χ2n) is 2.96. The van der Waals surface area contributed by atoms with Crippen molar-refractivity contribution < 1.29 is 0 Å². The Morgan fingerprint density at radius 3 is 2.38 bits per heavy atom. The van der Waals surface area contributed by atoms with Crippen LogP contribution in [0.2, 0.25) is 0 Å². The van der Waals surface area contributed by atoms with Gasteiger partial charge in [0.15, 0.2) is 0 Å². The summed E-state index contributed by atoms with van der Waals surface area (Å²) in [6.45, 7) is 0. The average Bonchev–Trinajstić information content (AvgIpc) is 2.17. The molecule has 2 aromatic rings. The van der Waals surface area contributed by atoms with Crippen molar-refractivity contribution in [3.8, 4) is 0 Å². The first-order valence-corrected chi connectivity index (χ1v) is 4.15. The van der Waals surface area contributed by atoms with Gasteiger partial charge in [0.1, 0.15) is 7.85 Å². The molecule has 5 radical (unpaired) electrons. The monoisotopic (exact) mass is 159 g/mol. The van der Waals surface area contributed by atoms with Crippen LogP contribution in [0.15, 0.2) is 36.4 Å². The minimum absolute atomic E-state index is 0.773. The van der Waals surface area contributed by atoms with E-state index in [2.05, 4.69) is 0 Å². The summed E-state index contributed by atoms with van der Waals surface area (Å²) in [5.74, 6) is 0. The van der Waals surface area contributed by atoms with E-state index in [9.17, 15) is 0 Å². The summed E-state index contributed by atoms with van der Waals surface area (Å²) in [4.78, 5) is 0. The quantitative estimate of drug-likeness (QED) is 0.515. The predicted molar refractivity (Wildman–Crippen MR) is 60.5 cm³/mol. The molecule has 0 nitrogen and oxygen atoms in total. The van der Waals surface area contributed by atoms with E-state index < -0.39 is 0 Å². The molecule has 0 aliphatic heterocycles. The third-order valence-corrected chi connectivity index (χ3v) is 2.15. The zero-order valence-electron chi connectivity index (χ0n) is 7.20. The molecule has 0 atom stereocenters. The van der Waals surface area contributed by atoms with Gasteiger partial charge >= 0.3 is 0 Å². The Hall–Kier alpha value is -1.11. The van der Waals surface area contributed by atoms with Crippen LogP contribution in [-0.4, -0.2) is 22.8 Å². The molecular weight excluding hydrogens is 153 g/mol. The third kappa shape index (κ3) is 1.39. The molecule has 0 aliphatic rings. The van der Waals surface area contributed by atoms with Gasteiger partial charge in [0.25, 0.3) is 0 Å². The molecule has 2 aromatic carbocycles. The van der Waals surface area contributed by atoms with Gasteiger partial charge in [-0.15, -0.1) is 0 Å². The molecule has 0 aliphatic carbocycles. The van der Waals surface area contributed by atoms with Crippen molar-refractivity contribution in [2.24, 2.45) is 0 Å². The predicted octanol–water partition coefficient (Wildman–Crippen LogP) is 0.0466. The highest BCUT2D eigenvalue weighted by atomic mass is 14.0. The van der Waals surface area contributed by atoms with Crippen molar-refractivity contribution in [1.29, 1.82) is 0 Å². The Morgan fingerprint density at radius 2 is 1.69 bits per heavy atom. The maximum atomic E-state index is 5.86. The zero-order valence-corrected chi connectivity index (χ0v) is 7.20. The average molecular weight is 159 g/mol. The minimum atomic E-state index is 0.773. The van der Waals surface area contributed by atoms with Gasteiger partial charge in [-0.05, 0) is 10.8 Å². The highest BCUT2D eigenvalue weighted by Crippen LogP contribution is 2.07. The van der Waals surface area contributed by atoms with Crippen LogP contribution in [-0.2, 0) is 0 Å². The minimum Gasteiger partial charge on any atom is -0.0909 e. The molecule has 55 valence electrons. The summed E-state index contributed by atoms with van der Waals surface area (Å²) >= 11 is 0. The van der Waals surface area contributed by atoms with Crippen molar-refractivity contribution in [3.63, 3.8) is 0 Å². The van der Waals surface area contributed by atoms with Gasteiger partial charge in [0.2, 0.25) is 0 Å². The van der Waals surface area contributed by atoms with Crippen molar-refractivity contribution in [2.75, 3.05) is 0 Å². The molecule has 0 heterocycles. The van der Waals surface area contributed by atoms with Crippen LogP contribution < -0.4 is 10.9 Å². The molecule has 0 unspecified atom stereocenters. The molecule has 0 saturated heterocycles. The van der Waals surface area contributed by atoms with E-state index in [4.69, 9.17) is 15.6 Å². The van der Waals surface area contributed by atoms with Gasteiger partial charge in [-0.25, -0.2) is 0 Å². The second-order valence-corrected chi connectivity index (χ2v) is 2.96. The van der Waals surface area contributed by atoms with E-state index >= 15 is 0 Å². The van der Waals surface area contributed by atoms with Gasteiger partial charge in [-0.1, -0.05) is 47.3 Å². The fourth-order valence-corrected chi connectivity index (χ4v) is 1.54. The van der Waals surface area contributed by atoms with Crippen LogP contribution >= 0.6 is 0 Å². The lowest BCUT2D eigenvalue weighted by molar-refractivity contribution is 1.82. The topological polar surface area (TPSA) is 0 Å². The normalized spacial score (nSPS) is 10.2. The fourth-order valence-electron chi connectivity index (χ4n) is 1.54. The lowest BCUT2D eigenvalue weighted by Crippen LogP contribution is -2.21. The van der Waals surface area contributed by atoms with Crippen molar-refractivity contribution in [3.05, 3.63) is 36.4 Å². The van der Waals surface area contributed by atoms with Crippen molar-refractivity contribution in [2.45, 2.75) is 0 Å². The largest absolute Gasteiger partial charge is 0.114 e. The lowest BCUT2D eigenvalue weighted by Gasteiger charge is -2.07. The number of hydrogen-bond donors (Lipinski definition) is 0. The molecule has 0 fully saturated rings. The highest BCUT2D eigenvalue weighted by molar-refractivity contribution is 6.98. The molecule has 0 aromatic heterocycles. The maximum Gasteiger partial charge on any atom is 0.114 e. The van der Waals surface area contributed by atoms with Gasteiger partial charge in [-0.3, -0.25) is 0 Å². The van der Waals surface area contributed by atoms with E-state index in [1.165, 1.54) is 0 Å². The first-order valence-electron chi connectivity index (χ1n) is 4.15. The van der Waals surface area contributed by atoms with Gasteiger partial charge < -0.3 is 0 Å². The highest BCUT2D eigenvalue weighted by Gasteiger charge is 1.99. The van der Waals surface area contributed by atoms with Crippen LogP contribution in [0, 0.1) is 0 Å². The summed E-state index contributed by atoms with van der Waals surface area (Å²) in [6.07, 6.45) is 0. The number of hydrogen-bond acceptors (Lipinski definition) is 0. The SMILES string of the molecule is [B][B]c1cccc2cccc([B])c12. The van der Waals surface area contributed by atoms with Crippen LogP contribution in [0.25, 0.3) is 10.8 Å². The van der Waals surface area contributed by atoms with Gasteiger partial charge in [0.05, 0.1) is 7.17 Å². The number of rotatable bonds is 1. The second kappa shape index (κ2) is 3.33. The molecule has 0 spiro atoms. The van der Waals surface area contributed by atoms with E-state index in [1.54, 1.807) is 7.17 Å². The van der Waals surface area contributed by atoms with Crippen molar-refractivity contribution >= 4 is 44.5 Å². The Bertz CT molecular complexity index is 432. The lowest BCUT2D eigenvalue weighted by atomic mass is 9.50. The summed E-state index contributed by atoms with van der Waals surface area (Å²) in [7, 11) is 12.9. The smallest absolute Gasteiger partial charge is 0.0909 e. The van der Waals surface area contributed by atoms with Crippen LogP contribution in [0.3, 0.4) is 0 Å². The molecule has 2 rings (SSSR count). The molecule has 3 heteroatoms. The molecule has 0 saturated carbocycles. The van der Waals surface area contributed by atoms with E-state index in [-0.39, 0.29) is 0 Å². The van der Waals surface area contributed by atoms with Gasteiger partial charge in [0, 0.05) is 7.74 Å². The first kappa shape index (κ1) is 8.49. The van der Waals surface area contributed by atoms with E-state index in [1.807, 2.05) is 36.4 Å². The summed E-state index contributed by atoms with van der Waals surface area (Å²) < 4.78 is 0. The maximum absolute atomic E-state index is 5.86. The summed E-state index contributed by atoms with van der Waals surface area (Å²) in [6, 6.07) is 11.8. The first-order chi connectivity index (χ1) is 6.33. The Labute approximate surface area is 81.4 Å². The fraction of sp³-hybridized carbons (Fsp3) is 0. The standard InChI is InChI=1S/C10H6B3/c11-8-5-1-3-7-4-2-6-9(13-12)10(7)8/h1-6H. The molecule has 13 heavy (non-hydrogen) atoms. The molecule has 0 bridgehead atoms. The molecular formula is C10H6B3. The Balaban J connectivity index is 2.87. The molecule has 0 amide bonds. The van der Waals surface area contributed by atoms with Crippen LogP contribution in [0.1, 0.15) is 0 Å².